The van der Waals surface area contributed by atoms with Gasteiger partial charge in [0, 0.05) is 245 Å². The summed E-state index contributed by atoms with van der Waals surface area (Å²) >= 11 is 1.72. The fourth-order valence-corrected chi connectivity index (χ4v) is 13.8. The number of imidazole rings is 2. The minimum atomic E-state index is -0.0665. The monoisotopic (exact) mass is 1950 g/mol. The van der Waals surface area contributed by atoms with Crippen LogP contribution in [0.5, 0.6) is 0 Å². The van der Waals surface area contributed by atoms with Crippen LogP contribution in [0.4, 0.5) is 5.82 Å². The lowest BCUT2D eigenvalue weighted by Gasteiger charge is -2.28. The van der Waals surface area contributed by atoms with Crippen LogP contribution < -0.4 is 9.63 Å². The predicted octanol–water partition coefficient (Wildman–Crippen LogP) is 26.7. The van der Waals surface area contributed by atoms with Crippen LogP contribution in [0.1, 0.15) is 355 Å². The SMILES string of the molecule is CC(C)(C)c1ccc(N2CCOCC2)nc1.CC(C)(C)c1cccc[n+]1[O-].CC(C)(C)c1ccccn1.CC(C)(C)c1ccn[nH]1.CC(C)(C)c1cnccn1.CC(C)(C)c1ncccn1.CC(C)(C)c1nccs1.Cc1cccc(C(C)(C)C)n1.Cc1ccncc1C(C)(C)C.Cn1cc(C(C)(C)C)nn1.Cn1ccnc1C(C)(C)C.Cn1cncc1C(C)(C)C.Cn1nc(C(C)(C)C)c2ccccc21. The Balaban J connectivity index is 0.000000394. The summed E-state index contributed by atoms with van der Waals surface area (Å²) < 4.78 is 14.0. The Morgan fingerprint density at radius 3 is 1.33 bits per heavy atom. The van der Waals surface area contributed by atoms with E-state index in [0.29, 0.717) is 0 Å². The summed E-state index contributed by atoms with van der Waals surface area (Å²) in [5, 5.41) is 34.9. The molecule has 15 rings (SSSR count). The van der Waals surface area contributed by atoms with Crippen molar-refractivity contribution >= 4 is 28.1 Å². The molecule has 0 aliphatic carbocycles. The number of pyridine rings is 5. The average Bonchev–Trinajstić information content (AvgIpc) is 1.63. The number of ether oxygens (including phenoxy) is 1. The van der Waals surface area contributed by atoms with Crippen molar-refractivity contribution in [1.82, 2.24) is 98.9 Å². The van der Waals surface area contributed by atoms with Crippen molar-refractivity contribution in [3.63, 3.8) is 0 Å². The second-order valence-corrected chi connectivity index (χ2v) is 49.6. The highest BCUT2D eigenvalue weighted by atomic mass is 32.1. The molecule has 14 aromatic rings. The number of fused-ring (bicyclic) bond motifs is 1. The second kappa shape index (κ2) is 54.1. The first-order valence-electron chi connectivity index (χ1n) is 49.1. The number of rotatable bonds is 1. The van der Waals surface area contributed by atoms with Crippen molar-refractivity contribution in [3.05, 3.63) is 310 Å². The third kappa shape index (κ3) is 46.4. The third-order valence-corrected chi connectivity index (χ3v) is 22.5. The molecule has 1 fully saturated rings. The standard InChI is InChI=1S/C13H20N2O.C12H16N2.2C10H15N.C9H13NO.C9H13N.2C8H14N2.2C8H12N2.C7H13N3.C7H12N2.C7H11NS/c1-13(2,3)11-4-5-12(14-10-11)15-6-8-16-9-7-15;1-12(2,3)11-9-7-5-6-8-10(9)14(4)13-11;1-8-5-6-11-7-9(8)10(2,3)4;1-8-6-5-7-9(11-8)10(2,3)4;1-9(2,3)8-6-4-5-7-10(8)11;1-9(2,3)8-6-4-5-7-10-8;1-8(2,3)7-5-9-6-10(7)4;1-8(2,3)7-9-5-6-10(7)4;1-8(2,3)7-6-9-4-5-10-7;1-8(2,3)7-9-5-4-6-10-7;1-7(2,3)6-5-10(4)9-8-6;1-7(2,3)6-4-5-8-9-6;1-7(2,3)6-8-4-5-9-6/h4-5,10H,6-9H2,1-3H3;5-8H,1-4H3;2*5-7H,1-4H3;4-7H,1-3H3;4-7H,1-3H3;2*5-6H,1-4H3;2*4-6H,1-3H3;5H,1-4H3;4-5H,1-3H3,(H,8,9);4-5H,1-3H3. The smallest absolute Gasteiger partial charge is 0.198 e. The third-order valence-electron chi connectivity index (χ3n) is 21.3. The van der Waals surface area contributed by atoms with E-state index in [2.05, 4.69) is 411 Å². The van der Waals surface area contributed by atoms with Gasteiger partial charge in [-0.3, -0.25) is 39.4 Å². The van der Waals surface area contributed by atoms with E-state index in [1.165, 1.54) is 55.9 Å². The lowest BCUT2D eigenvalue weighted by atomic mass is 9.86. The average molecular weight is 1950 g/mol. The number of morpholine rings is 1. The molecule has 0 bridgehead atoms. The van der Waals surface area contributed by atoms with Gasteiger partial charge in [-0.25, -0.2) is 29.9 Å². The van der Waals surface area contributed by atoms with Gasteiger partial charge >= 0.3 is 0 Å². The fourth-order valence-electron chi connectivity index (χ4n) is 13.1. The van der Waals surface area contributed by atoms with Gasteiger partial charge in [0.2, 0.25) is 0 Å². The maximum absolute atomic E-state index is 11.2. The first kappa shape index (κ1) is 124. The lowest BCUT2D eigenvalue weighted by Crippen LogP contribution is -2.37. The summed E-state index contributed by atoms with van der Waals surface area (Å²) in [4.78, 5) is 48.6. The molecule has 0 spiro atoms. The summed E-state index contributed by atoms with van der Waals surface area (Å²) in [6, 6.07) is 36.2. The molecule has 1 aliphatic heterocycles. The van der Waals surface area contributed by atoms with Crippen LogP contribution in [-0.2, 0) is 103 Å². The van der Waals surface area contributed by atoms with Crippen LogP contribution in [0.25, 0.3) is 10.9 Å². The molecule has 0 unspecified atom stereocenters. The van der Waals surface area contributed by atoms with Gasteiger partial charge in [-0.05, 0) is 102 Å². The molecule has 772 valence electrons. The highest BCUT2D eigenvalue weighted by Gasteiger charge is 2.27. The normalized spacial score (nSPS) is 12.4. The Kier molecular flexibility index (Phi) is 47.5. The van der Waals surface area contributed by atoms with Crippen LogP contribution in [0, 0.1) is 19.1 Å². The first-order valence-corrected chi connectivity index (χ1v) is 50.0. The van der Waals surface area contributed by atoms with Crippen molar-refractivity contribution < 1.29 is 9.47 Å². The molecule has 13 aromatic heterocycles. The Morgan fingerprint density at radius 1 is 0.411 bits per heavy atom. The highest BCUT2D eigenvalue weighted by Crippen LogP contribution is 2.32. The summed E-state index contributed by atoms with van der Waals surface area (Å²) in [6.45, 7) is 91.6. The number of aromatic amines is 1. The highest BCUT2D eigenvalue weighted by molar-refractivity contribution is 7.09. The molecule has 25 heteroatoms. The van der Waals surface area contributed by atoms with Gasteiger partial charge in [-0.1, -0.05) is 312 Å². The Labute approximate surface area is 854 Å². The van der Waals surface area contributed by atoms with Crippen molar-refractivity contribution in [1.29, 1.82) is 0 Å². The van der Waals surface area contributed by atoms with Crippen LogP contribution in [0.2, 0.25) is 0 Å². The summed E-state index contributed by atoms with van der Waals surface area (Å²) in [6.07, 6.45) is 31.0. The zero-order valence-corrected chi connectivity index (χ0v) is 96.0. The van der Waals surface area contributed by atoms with Gasteiger partial charge in [0.1, 0.15) is 17.5 Å². The van der Waals surface area contributed by atoms with Gasteiger partial charge in [0.15, 0.2) is 11.9 Å². The zero-order valence-electron chi connectivity index (χ0n) is 95.2. The number of hydrogen-bond acceptors (Lipinski definition) is 19. The molecule has 0 amide bonds. The molecule has 14 heterocycles. The molecule has 24 nitrogen and oxygen atoms in total. The molecule has 0 saturated carbocycles. The number of nitrogens with one attached hydrogen (secondary N) is 1. The minimum absolute atomic E-state index is 0.0665. The number of aryl methyl sites for hydroxylation is 6. The van der Waals surface area contributed by atoms with Gasteiger partial charge in [-0.2, -0.15) is 14.9 Å². The number of anilines is 1. The largest absolute Gasteiger partial charge is 0.618 e. The summed E-state index contributed by atoms with van der Waals surface area (Å²) in [5.41, 5.74) is 17.0. The van der Waals surface area contributed by atoms with Crippen LogP contribution in [0.3, 0.4) is 0 Å². The number of benzene rings is 1. The maximum atomic E-state index is 11.2. The molecule has 1 saturated heterocycles. The van der Waals surface area contributed by atoms with E-state index < -0.39 is 0 Å². The van der Waals surface area contributed by atoms with Crippen molar-refractivity contribution in [2.45, 2.75) is 354 Å². The number of thiazole rings is 1. The molecule has 0 radical (unpaired) electrons. The molecular formula is C116H180N22O2S. The molecule has 1 aromatic carbocycles. The Morgan fingerprint density at radius 2 is 0.986 bits per heavy atom. The summed E-state index contributed by atoms with van der Waals surface area (Å²) in [5.74, 6) is 3.10. The van der Waals surface area contributed by atoms with Crippen molar-refractivity contribution in [2.75, 3.05) is 31.2 Å². The van der Waals surface area contributed by atoms with E-state index in [1.54, 1.807) is 59.3 Å². The van der Waals surface area contributed by atoms with E-state index in [-0.39, 0.29) is 70.4 Å². The predicted molar refractivity (Wildman–Crippen MR) is 591 cm³/mol. The van der Waals surface area contributed by atoms with Crippen LogP contribution >= 0.6 is 11.3 Å². The van der Waals surface area contributed by atoms with E-state index in [1.807, 2.05) is 171 Å². The molecule has 1 N–H and O–H groups in total. The van der Waals surface area contributed by atoms with Gasteiger partial charge < -0.3 is 24.0 Å². The quantitative estimate of drug-likeness (QED) is 0.118. The Bertz CT molecular complexity index is 5490. The van der Waals surface area contributed by atoms with E-state index in [4.69, 9.17) is 4.74 Å². The first-order chi connectivity index (χ1) is 64.7. The fraction of sp³-hybridized carbons (Fsp3) is 0.534. The second-order valence-electron chi connectivity index (χ2n) is 48.7. The number of aromatic nitrogens is 21. The topological polar surface area (TPSA) is 268 Å². The van der Waals surface area contributed by atoms with Crippen LogP contribution in [-0.4, -0.2) is 125 Å². The van der Waals surface area contributed by atoms with Gasteiger partial charge in [0.25, 0.3) is 0 Å². The molecule has 0 atom stereocenters. The zero-order chi connectivity index (χ0) is 107. The lowest BCUT2D eigenvalue weighted by molar-refractivity contribution is -0.617. The Hall–Kier alpha value is -11.4. The van der Waals surface area contributed by atoms with Gasteiger partial charge in [-0.15, -0.1) is 16.4 Å². The maximum Gasteiger partial charge on any atom is 0.198 e. The minimum Gasteiger partial charge on any atom is -0.618 e. The molecule has 1 aliphatic rings. The van der Waals surface area contributed by atoms with Crippen LogP contribution in [0.15, 0.2) is 220 Å². The van der Waals surface area contributed by atoms with E-state index in [9.17, 15) is 5.21 Å². The number of H-pyrrole nitrogens is 1. The van der Waals surface area contributed by atoms with Gasteiger partial charge in [0.05, 0.1) is 47.1 Å². The van der Waals surface area contributed by atoms with E-state index in [0.717, 1.165) is 82.7 Å². The molecular weight excluding hydrogens is 1770 g/mol. The number of hydrogen-bond donors (Lipinski definition) is 1. The van der Waals surface area contributed by atoms with E-state index >= 15 is 0 Å². The summed E-state index contributed by atoms with van der Waals surface area (Å²) in [7, 11) is 7.92. The number of nitrogens with zero attached hydrogens (tertiary/aromatic N) is 21. The van der Waals surface area contributed by atoms with Crippen molar-refractivity contribution in [2.24, 2.45) is 28.2 Å². The molecule has 141 heavy (non-hydrogen) atoms. The van der Waals surface area contributed by atoms with Crippen molar-refractivity contribution in [3.8, 4) is 0 Å². The number of para-hydroxylation sites is 1.